The van der Waals surface area contributed by atoms with Crippen molar-refractivity contribution in [3.63, 3.8) is 0 Å². The molecule has 0 saturated carbocycles. The van der Waals surface area contributed by atoms with Crippen molar-refractivity contribution < 1.29 is 14.3 Å². The largest absolute Gasteiger partial charge is 0.468 e. The SMILES string of the molecule is COC(=O)Cn1cnc2c(N)nc(OC)nc21. The van der Waals surface area contributed by atoms with Crippen LogP contribution in [0.5, 0.6) is 6.01 Å². The minimum atomic E-state index is -0.402. The van der Waals surface area contributed by atoms with Crippen molar-refractivity contribution in [3.8, 4) is 6.01 Å². The van der Waals surface area contributed by atoms with Gasteiger partial charge in [-0.1, -0.05) is 0 Å². The lowest BCUT2D eigenvalue weighted by Crippen LogP contribution is -2.11. The van der Waals surface area contributed by atoms with Gasteiger partial charge in [0.1, 0.15) is 6.54 Å². The van der Waals surface area contributed by atoms with Gasteiger partial charge in [-0.25, -0.2) is 4.98 Å². The van der Waals surface area contributed by atoms with Gasteiger partial charge in [-0.05, 0) is 0 Å². The summed E-state index contributed by atoms with van der Waals surface area (Å²) in [4.78, 5) is 23.2. The second-order valence-corrected chi connectivity index (χ2v) is 3.22. The van der Waals surface area contributed by atoms with Gasteiger partial charge >= 0.3 is 12.0 Å². The lowest BCUT2D eigenvalue weighted by atomic mass is 10.5. The number of anilines is 1. The zero-order chi connectivity index (χ0) is 12.4. The molecular weight excluding hydrogens is 226 g/mol. The van der Waals surface area contributed by atoms with Crippen molar-refractivity contribution in [2.75, 3.05) is 20.0 Å². The van der Waals surface area contributed by atoms with Gasteiger partial charge in [0, 0.05) is 0 Å². The maximum atomic E-state index is 11.2. The lowest BCUT2D eigenvalue weighted by Gasteiger charge is -2.03. The molecule has 0 aromatic carbocycles. The number of carbonyl (C=O) groups is 1. The predicted molar refractivity (Wildman–Crippen MR) is 58.3 cm³/mol. The highest BCUT2D eigenvalue weighted by molar-refractivity contribution is 5.83. The molecular formula is C9H11N5O3. The van der Waals surface area contributed by atoms with Crippen LogP contribution in [0.2, 0.25) is 0 Å². The Hall–Kier alpha value is -2.38. The Morgan fingerprint density at radius 1 is 1.47 bits per heavy atom. The molecule has 0 fully saturated rings. The smallest absolute Gasteiger partial charge is 0.325 e. The number of hydrogen-bond acceptors (Lipinski definition) is 7. The first-order valence-corrected chi connectivity index (χ1v) is 4.75. The van der Waals surface area contributed by atoms with Crippen LogP contribution in [0.3, 0.4) is 0 Å². The molecule has 0 unspecified atom stereocenters. The molecule has 0 aliphatic carbocycles. The molecule has 0 aliphatic heterocycles. The second kappa shape index (κ2) is 4.24. The summed E-state index contributed by atoms with van der Waals surface area (Å²) in [5.74, 6) is -0.198. The molecule has 0 radical (unpaired) electrons. The molecule has 8 nitrogen and oxygen atoms in total. The van der Waals surface area contributed by atoms with E-state index in [0.717, 1.165) is 0 Å². The highest BCUT2D eigenvalue weighted by Gasteiger charge is 2.13. The van der Waals surface area contributed by atoms with Gasteiger partial charge in [0.05, 0.1) is 20.5 Å². The molecule has 8 heteroatoms. The van der Waals surface area contributed by atoms with Crippen LogP contribution in [0.15, 0.2) is 6.33 Å². The number of hydrogen-bond donors (Lipinski definition) is 1. The van der Waals surface area contributed by atoms with Crippen LogP contribution in [0.1, 0.15) is 0 Å². The molecule has 90 valence electrons. The maximum Gasteiger partial charge on any atom is 0.325 e. The topological polar surface area (TPSA) is 105 Å². The Morgan fingerprint density at radius 3 is 2.88 bits per heavy atom. The number of fused-ring (bicyclic) bond motifs is 1. The second-order valence-electron chi connectivity index (χ2n) is 3.22. The molecule has 0 bridgehead atoms. The Balaban J connectivity index is 2.51. The fourth-order valence-electron chi connectivity index (χ4n) is 1.36. The fourth-order valence-corrected chi connectivity index (χ4v) is 1.36. The van der Waals surface area contributed by atoms with Gasteiger partial charge in [0.25, 0.3) is 0 Å². The van der Waals surface area contributed by atoms with Crippen molar-refractivity contribution >= 4 is 23.0 Å². The van der Waals surface area contributed by atoms with E-state index >= 15 is 0 Å². The normalized spacial score (nSPS) is 10.5. The molecule has 2 heterocycles. The number of esters is 1. The summed E-state index contributed by atoms with van der Waals surface area (Å²) in [6.45, 7) is 0.00656. The van der Waals surface area contributed by atoms with Crippen LogP contribution >= 0.6 is 0 Å². The summed E-state index contributed by atoms with van der Waals surface area (Å²) in [5, 5.41) is 0. The zero-order valence-electron chi connectivity index (χ0n) is 9.38. The van der Waals surface area contributed by atoms with Crippen molar-refractivity contribution in [2.24, 2.45) is 0 Å². The first kappa shape index (κ1) is 11.1. The minimum Gasteiger partial charge on any atom is -0.468 e. The number of nitrogen functional groups attached to an aromatic ring is 1. The number of imidazole rings is 1. The van der Waals surface area contributed by atoms with E-state index in [1.54, 1.807) is 0 Å². The van der Waals surface area contributed by atoms with Gasteiger partial charge < -0.3 is 19.8 Å². The van der Waals surface area contributed by atoms with E-state index in [2.05, 4.69) is 19.7 Å². The van der Waals surface area contributed by atoms with Crippen molar-refractivity contribution in [1.82, 2.24) is 19.5 Å². The Kier molecular flexibility index (Phi) is 2.77. The highest BCUT2D eigenvalue weighted by Crippen LogP contribution is 2.18. The molecule has 0 atom stereocenters. The van der Waals surface area contributed by atoms with E-state index in [0.29, 0.717) is 11.2 Å². The summed E-state index contributed by atoms with van der Waals surface area (Å²) < 4.78 is 11.0. The van der Waals surface area contributed by atoms with Gasteiger partial charge in [0.15, 0.2) is 17.0 Å². The Bertz CT molecular complexity index is 565. The van der Waals surface area contributed by atoms with E-state index in [9.17, 15) is 4.79 Å². The van der Waals surface area contributed by atoms with Crippen LogP contribution in [0.25, 0.3) is 11.2 Å². The fraction of sp³-hybridized carbons (Fsp3) is 0.333. The van der Waals surface area contributed by atoms with Crippen molar-refractivity contribution in [2.45, 2.75) is 6.54 Å². The first-order valence-electron chi connectivity index (χ1n) is 4.75. The molecule has 17 heavy (non-hydrogen) atoms. The molecule has 0 saturated heterocycles. The van der Waals surface area contributed by atoms with Gasteiger partial charge in [-0.3, -0.25) is 4.79 Å². The first-order chi connectivity index (χ1) is 8.15. The number of aromatic nitrogens is 4. The average molecular weight is 237 g/mol. The minimum absolute atomic E-state index is 0.00656. The Labute approximate surface area is 96.4 Å². The lowest BCUT2D eigenvalue weighted by molar-refractivity contribution is -0.141. The molecule has 0 aliphatic rings. The van der Waals surface area contributed by atoms with Gasteiger partial charge in [-0.2, -0.15) is 9.97 Å². The molecule has 2 N–H and O–H groups in total. The van der Waals surface area contributed by atoms with E-state index in [-0.39, 0.29) is 18.4 Å². The van der Waals surface area contributed by atoms with Crippen LogP contribution in [-0.4, -0.2) is 39.7 Å². The quantitative estimate of drug-likeness (QED) is 0.723. The number of ether oxygens (including phenoxy) is 2. The third-order valence-corrected chi connectivity index (χ3v) is 2.18. The maximum absolute atomic E-state index is 11.2. The van der Waals surface area contributed by atoms with Gasteiger partial charge in [-0.15, -0.1) is 0 Å². The summed E-state index contributed by atoms with van der Waals surface area (Å²) in [5.41, 5.74) is 6.54. The molecule has 2 aromatic heterocycles. The van der Waals surface area contributed by atoms with Gasteiger partial charge in [0.2, 0.25) is 0 Å². The van der Waals surface area contributed by atoms with Crippen LogP contribution in [0.4, 0.5) is 5.82 Å². The van der Waals surface area contributed by atoms with Crippen LogP contribution in [-0.2, 0) is 16.1 Å². The summed E-state index contributed by atoms with van der Waals surface area (Å²) >= 11 is 0. The third-order valence-electron chi connectivity index (χ3n) is 2.18. The van der Waals surface area contributed by atoms with E-state index < -0.39 is 5.97 Å². The summed E-state index contributed by atoms with van der Waals surface area (Å²) in [6.07, 6.45) is 1.45. The predicted octanol–water partition coefficient (Wildman–Crippen LogP) is -0.410. The van der Waals surface area contributed by atoms with Crippen molar-refractivity contribution in [3.05, 3.63) is 6.33 Å². The standard InChI is InChI=1S/C9H11N5O3/c1-16-5(15)3-14-4-11-6-7(10)12-9(17-2)13-8(6)14/h4H,3H2,1-2H3,(H2,10,12,13). The molecule has 2 aromatic rings. The van der Waals surface area contributed by atoms with Crippen molar-refractivity contribution in [1.29, 1.82) is 0 Å². The van der Waals surface area contributed by atoms with E-state index in [1.165, 1.54) is 25.1 Å². The van der Waals surface area contributed by atoms with Crippen LogP contribution in [0, 0.1) is 0 Å². The number of rotatable bonds is 3. The van der Waals surface area contributed by atoms with E-state index in [1.807, 2.05) is 0 Å². The summed E-state index contributed by atoms with van der Waals surface area (Å²) in [7, 11) is 2.74. The summed E-state index contributed by atoms with van der Waals surface area (Å²) in [6, 6.07) is 0.126. The third kappa shape index (κ3) is 1.96. The number of nitrogens with zero attached hydrogens (tertiary/aromatic N) is 4. The van der Waals surface area contributed by atoms with E-state index in [4.69, 9.17) is 10.5 Å². The molecule has 0 spiro atoms. The average Bonchev–Trinajstić information content (AvgIpc) is 2.72. The number of methoxy groups -OCH3 is 2. The highest BCUT2D eigenvalue weighted by atomic mass is 16.5. The van der Waals surface area contributed by atoms with Crippen LogP contribution < -0.4 is 10.5 Å². The molecule has 0 amide bonds. The number of nitrogens with two attached hydrogens (primary N) is 1. The Morgan fingerprint density at radius 2 is 2.24 bits per heavy atom. The number of carbonyl (C=O) groups excluding carboxylic acids is 1. The monoisotopic (exact) mass is 237 g/mol. The zero-order valence-corrected chi connectivity index (χ0v) is 9.38. The molecule has 2 rings (SSSR count).